The first-order valence-electron chi connectivity index (χ1n) is 11.7. The van der Waals surface area contributed by atoms with Gasteiger partial charge in [0.15, 0.2) is 0 Å². The largest absolute Gasteiger partial charge is 0.497 e. The number of rotatable bonds is 8. The zero-order valence-corrected chi connectivity index (χ0v) is 22.2. The maximum Gasteiger partial charge on any atom is 0.258 e. The third-order valence-electron chi connectivity index (χ3n) is 6.70. The predicted octanol–water partition coefficient (Wildman–Crippen LogP) is 5.37. The van der Waals surface area contributed by atoms with Crippen LogP contribution in [0.5, 0.6) is 5.75 Å². The van der Waals surface area contributed by atoms with E-state index in [9.17, 15) is 4.79 Å². The molecule has 3 N–H and O–H groups in total. The topological polar surface area (TPSA) is 79.0 Å². The van der Waals surface area contributed by atoms with Crippen LogP contribution in [-0.4, -0.2) is 42.3 Å². The molecule has 1 atom stereocenters. The van der Waals surface area contributed by atoms with Crippen molar-refractivity contribution in [2.45, 2.75) is 43.0 Å². The third-order valence-corrected chi connectivity index (χ3v) is 7.78. The van der Waals surface area contributed by atoms with Crippen LogP contribution in [0.15, 0.2) is 52.3 Å². The van der Waals surface area contributed by atoms with Crippen molar-refractivity contribution < 1.29 is 9.53 Å². The van der Waals surface area contributed by atoms with Crippen LogP contribution in [0.25, 0.3) is 17.0 Å². The number of aryl methyl sites for hydroxylation is 1. The maximum atomic E-state index is 13.3. The Hall–Kier alpha value is -2.19. The molecule has 0 aliphatic carbocycles. The number of methoxy groups -OCH3 is 1. The fourth-order valence-corrected chi connectivity index (χ4v) is 5.89. The van der Waals surface area contributed by atoms with Crippen molar-refractivity contribution in [1.82, 2.24) is 20.8 Å². The molecule has 0 bridgehead atoms. The number of carbonyl (C=O) groups excluding carboxylic acids is 1. The number of H-pyrrole nitrogens is 1. The van der Waals surface area contributed by atoms with Crippen LogP contribution in [0.3, 0.4) is 0 Å². The van der Waals surface area contributed by atoms with E-state index in [4.69, 9.17) is 4.74 Å². The van der Waals surface area contributed by atoms with E-state index in [-0.39, 0.29) is 36.8 Å². The van der Waals surface area contributed by atoms with E-state index in [1.807, 2.05) is 30.3 Å². The van der Waals surface area contributed by atoms with Gasteiger partial charge in [0.1, 0.15) is 5.75 Å². The highest BCUT2D eigenvalue weighted by Crippen LogP contribution is 2.40. The van der Waals surface area contributed by atoms with Crippen molar-refractivity contribution in [3.05, 3.63) is 58.6 Å². The number of carbonyl (C=O) groups is 1. The molecule has 1 fully saturated rings. The number of hydrogen-bond donors (Lipinski definition) is 3. The number of nitrogens with zero attached hydrogens (tertiary/aromatic N) is 1. The number of thioether (sulfide) groups is 1. The van der Waals surface area contributed by atoms with E-state index in [2.05, 4.69) is 39.0 Å². The lowest BCUT2D eigenvalue weighted by atomic mass is 9.86. The van der Waals surface area contributed by atoms with E-state index >= 15 is 0 Å². The Balaban J connectivity index is 0.00000171. The van der Waals surface area contributed by atoms with Gasteiger partial charge in [0.25, 0.3) is 5.91 Å². The molecule has 1 unspecified atom stereocenters. The van der Waals surface area contributed by atoms with Crippen molar-refractivity contribution in [2.24, 2.45) is 5.92 Å². The van der Waals surface area contributed by atoms with Crippen LogP contribution in [0, 0.1) is 5.92 Å². The lowest BCUT2D eigenvalue weighted by Crippen LogP contribution is -2.44. The molecule has 1 saturated heterocycles. The molecular formula is C26H32Cl2N4O2S. The summed E-state index contributed by atoms with van der Waals surface area (Å²) < 4.78 is 5.26. The molecule has 2 aromatic carbocycles. The molecular weight excluding hydrogens is 503 g/mol. The Morgan fingerprint density at radius 1 is 1.17 bits per heavy atom. The summed E-state index contributed by atoms with van der Waals surface area (Å²) in [7, 11) is 1.69. The molecule has 0 saturated carbocycles. The predicted molar refractivity (Wildman–Crippen MR) is 148 cm³/mol. The first kappa shape index (κ1) is 27.4. The first-order chi connectivity index (χ1) is 16.2. The summed E-state index contributed by atoms with van der Waals surface area (Å²) in [5.74, 6) is 1.40. The SMILES string of the molecule is COc1ccc(CCCC(NC(=O)C2=Cc3n[nH]c4cccc(c34)S2)C2CCNCC2)cc1.Cl.Cl. The van der Waals surface area contributed by atoms with Gasteiger partial charge in [-0.05, 0) is 87.0 Å². The fraction of sp³-hybridized carbons (Fsp3) is 0.385. The Kier molecular flexibility index (Phi) is 9.92. The van der Waals surface area contributed by atoms with Crippen LogP contribution < -0.4 is 15.4 Å². The highest BCUT2D eigenvalue weighted by atomic mass is 35.5. The Labute approximate surface area is 222 Å². The Morgan fingerprint density at radius 2 is 1.94 bits per heavy atom. The maximum absolute atomic E-state index is 13.3. The van der Waals surface area contributed by atoms with Gasteiger partial charge in [-0.1, -0.05) is 30.0 Å². The standard InChI is InChI=1S/C26H30N4O2S.2ClH/c1-32-19-10-8-17(9-11-19)4-2-5-20(18-12-14-27-15-13-18)28-26(31)24-16-22-25-21(29-30-22)6-3-7-23(25)33-24;;/h3,6-11,16,18,20,27H,2,4-5,12-15H2,1H3,(H,28,31)(H,29,30);2*1H. The van der Waals surface area contributed by atoms with Crippen LogP contribution in [0.4, 0.5) is 0 Å². The highest BCUT2D eigenvalue weighted by Gasteiger charge is 2.28. The summed E-state index contributed by atoms with van der Waals surface area (Å²) in [6.45, 7) is 2.04. The minimum atomic E-state index is 0. The average Bonchev–Trinajstić information content (AvgIpc) is 3.29. The molecule has 188 valence electrons. The third kappa shape index (κ3) is 6.33. The monoisotopic (exact) mass is 534 g/mol. The minimum Gasteiger partial charge on any atom is -0.497 e. The molecule has 1 amide bonds. The Morgan fingerprint density at radius 3 is 2.69 bits per heavy atom. The molecule has 35 heavy (non-hydrogen) atoms. The highest BCUT2D eigenvalue weighted by molar-refractivity contribution is 8.04. The average molecular weight is 536 g/mol. The number of nitrogens with one attached hydrogen (secondary N) is 3. The van der Waals surface area contributed by atoms with Gasteiger partial charge in [0.2, 0.25) is 0 Å². The molecule has 2 aliphatic rings. The van der Waals surface area contributed by atoms with E-state index < -0.39 is 0 Å². The van der Waals surface area contributed by atoms with Crippen molar-refractivity contribution in [3.8, 4) is 5.75 Å². The van der Waals surface area contributed by atoms with Crippen LogP contribution >= 0.6 is 36.6 Å². The van der Waals surface area contributed by atoms with E-state index in [1.54, 1.807) is 7.11 Å². The second-order valence-electron chi connectivity index (χ2n) is 8.81. The molecule has 9 heteroatoms. The zero-order chi connectivity index (χ0) is 22.6. The number of ether oxygens (including phenoxy) is 1. The minimum absolute atomic E-state index is 0. The number of piperidine rings is 1. The van der Waals surface area contributed by atoms with Gasteiger partial charge >= 0.3 is 0 Å². The molecule has 0 spiro atoms. The summed E-state index contributed by atoms with van der Waals surface area (Å²) in [6, 6.07) is 14.5. The number of aromatic amines is 1. The number of halogens is 2. The fourth-order valence-electron chi connectivity index (χ4n) is 4.87. The molecule has 3 aromatic rings. The van der Waals surface area contributed by atoms with Crippen LogP contribution in [-0.2, 0) is 11.2 Å². The molecule has 3 heterocycles. The van der Waals surface area contributed by atoms with Gasteiger partial charge < -0.3 is 15.4 Å². The van der Waals surface area contributed by atoms with E-state index in [0.29, 0.717) is 5.92 Å². The summed E-state index contributed by atoms with van der Waals surface area (Å²) in [6.07, 6.45) is 7.13. The summed E-state index contributed by atoms with van der Waals surface area (Å²) >= 11 is 1.54. The zero-order valence-electron chi connectivity index (χ0n) is 19.7. The van der Waals surface area contributed by atoms with Crippen molar-refractivity contribution in [3.63, 3.8) is 0 Å². The van der Waals surface area contributed by atoms with Gasteiger partial charge in [-0.3, -0.25) is 9.89 Å². The Bertz CT molecular complexity index is 1160. The second-order valence-corrected chi connectivity index (χ2v) is 9.89. The number of benzene rings is 2. The summed E-state index contributed by atoms with van der Waals surface area (Å²) in [4.78, 5) is 15.1. The summed E-state index contributed by atoms with van der Waals surface area (Å²) in [5.41, 5.74) is 3.16. The normalized spacial score (nSPS) is 16.0. The van der Waals surface area contributed by atoms with Gasteiger partial charge in [0.05, 0.1) is 23.2 Å². The molecule has 0 radical (unpaired) electrons. The van der Waals surface area contributed by atoms with Crippen LogP contribution in [0.2, 0.25) is 0 Å². The van der Waals surface area contributed by atoms with E-state index in [1.165, 1.54) is 17.3 Å². The van der Waals surface area contributed by atoms with E-state index in [0.717, 1.165) is 77.3 Å². The van der Waals surface area contributed by atoms with Gasteiger partial charge in [-0.15, -0.1) is 24.8 Å². The summed E-state index contributed by atoms with van der Waals surface area (Å²) in [5, 5.41) is 15.4. The van der Waals surface area contributed by atoms with Crippen LogP contribution in [0.1, 0.15) is 36.9 Å². The van der Waals surface area contributed by atoms with Gasteiger partial charge in [0, 0.05) is 16.3 Å². The number of aromatic nitrogens is 2. The molecule has 2 aliphatic heterocycles. The quantitative estimate of drug-likeness (QED) is 0.362. The first-order valence-corrected chi connectivity index (χ1v) is 12.5. The smallest absolute Gasteiger partial charge is 0.258 e. The van der Waals surface area contributed by atoms with Crippen molar-refractivity contribution in [2.75, 3.05) is 20.2 Å². The molecule has 5 rings (SSSR count). The second kappa shape index (κ2) is 12.7. The van der Waals surface area contributed by atoms with Crippen molar-refractivity contribution in [1.29, 1.82) is 0 Å². The molecule has 1 aromatic heterocycles. The van der Waals surface area contributed by atoms with Crippen molar-refractivity contribution >= 4 is 59.5 Å². The number of hydrogen-bond acceptors (Lipinski definition) is 5. The molecule has 6 nitrogen and oxygen atoms in total. The van der Waals surface area contributed by atoms with Gasteiger partial charge in [-0.25, -0.2) is 0 Å². The number of amides is 1. The lowest BCUT2D eigenvalue weighted by Gasteiger charge is -2.32. The lowest BCUT2D eigenvalue weighted by molar-refractivity contribution is -0.117. The van der Waals surface area contributed by atoms with Gasteiger partial charge in [-0.2, -0.15) is 5.10 Å².